The van der Waals surface area contributed by atoms with Gasteiger partial charge in [0.2, 0.25) is 11.8 Å². The first-order chi connectivity index (χ1) is 19.0. The Morgan fingerprint density at radius 2 is 1.73 bits per heavy atom. The highest BCUT2D eigenvalue weighted by molar-refractivity contribution is 9.09. The molecule has 2 aliphatic carbocycles. The van der Waals surface area contributed by atoms with Crippen LogP contribution >= 0.6 is 50.7 Å². The lowest BCUT2D eigenvalue weighted by Crippen LogP contribution is -2.60. The maximum Gasteiger partial charge on any atom is 0.254 e. The van der Waals surface area contributed by atoms with Gasteiger partial charge in [-0.1, -0.05) is 45.2 Å². The molecule has 1 saturated carbocycles. The highest BCUT2D eigenvalue weighted by atomic mass is 79.9. The van der Waals surface area contributed by atoms with Crippen molar-refractivity contribution >= 4 is 80.0 Å². The van der Waals surface area contributed by atoms with E-state index in [0.717, 1.165) is 9.80 Å². The van der Waals surface area contributed by atoms with Gasteiger partial charge in [-0.05, 0) is 49.1 Å². The van der Waals surface area contributed by atoms with Crippen LogP contribution in [0.2, 0.25) is 5.02 Å². The van der Waals surface area contributed by atoms with E-state index in [1.807, 2.05) is 6.08 Å². The topological polar surface area (TPSA) is 104 Å². The molecule has 4 amide bonds. The van der Waals surface area contributed by atoms with Gasteiger partial charge in [-0.3, -0.25) is 29.0 Å². The predicted octanol–water partition coefficient (Wildman–Crippen LogP) is 4.97. The van der Waals surface area contributed by atoms with E-state index >= 15 is 0 Å². The van der Waals surface area contributed by atoms with Gasteiger partial charge in [-0.25, -0.2) is 0 Å². The number of amides is 4. The molecule has 4 aliphatic rings. The minimum Gasteiger partial charge on any atom is -0.508 e. The van der Waals surface area contributed by atoms with Gasteiger partial charge in [0.05, 0.1) is 30.1 Å². The molecule has 6 unspecified atom stereocenters. The summed E-state index contributed by atoms with van der Waals surface area (Å²) in [7, 11) is 1.41. The number of phenolic OH excluding ortho intramolecular Hbond substituents is 1. The van der Waals surface area contributed by atoms with E-state index in [4.69, 9.17) is 39.5 Å². The van der Waals surface area contributed by atoms with E-state index in [0.29, 0.717) is 21.8 Å². The Labute approximate surface area is 252 Å². The van der Waals surface area contributed by atoms with Crippen molar-refractivity contribution in [2.45, 2.75) is 28.5 Å². The number of phenols is 1. The summed E-state index contributed by atoms with van der Waals surface area (Å²) in [6, 6.07) is 10.8. The van der Waals surface area contributed by atoms with Crippen LogP contribution in [-0.2, 0) is 19.2 Å². The molecule has 40 heavy (non-hydrogen) atoms. The maximum absolute atomic E-state index is 14.0. The summed E-state index contributed by atoms with van der Waals surface area (Å²) >= 11 is 23.7. The zero-order valence-corrected chi connectivity index (χ0v) is 24.8. The second-order valence-electron chi connectivity index (χ2n) is 10.4. The highest BCUT2D eigenvalue weighted by Gasteiger charge is 2.76. The Morgan fingerprint density at radius 3 is 2.38 bits per heavy atom. The number of hydrogen-bond donors (Lipinski definition) is 1. The standard InChI is InChI=1S/C28H22BrCl3N2O6/c1-40-20-10-15(35)6-7-17(20)22-16-8-9-18-21(24(37)34(23(18)36)14-4-2-13(30)3-5-14)19(16)11-27(31)25(38)33(12-29)26(39)28(22,27)32/h2-8,10,18-19,21-22,35H,9,11-12H2,1H3. The molecule has 2 aliphatic heterocycles. The lowest BCUT2D eigenvalue weighted by molar-refractivity contribution is -0.138. The molecule has 1 N–H and O–H groups in total. The number of hydrogen-bond acceptors (Lipinski definition) is 6. The zero-order valence-electron chi connectivity index (χ0n) is 20.9. The highest BCUT2D eigenvalue weighted by Crippen LogP contribution is 2.66. The van der Waals surface area contributed by atoms with Crippen molar-refractivity contribution < 1.29 is 29.0 Å². The lowest BCUT2D eigenvalue weighted by Gasteiger charge is -2.50. The van der Waals surface area contributed by atoms with Gasteiger partial charge in [0.25, 0.3) is 11.8 Å². The predicted molar refractivity (Wildman–Crippen MR) is 152 cm³/mol. The summed E-state index contributed by atoms with van der Waals surface area (Å²) in [5, 5.41) is 10.6. The van der Waals surface area contributed by atoms with Crippen molar-refractivity contribution in [2.24, 2.45) is 17.8 Å². The molecule has 0 spiro atoms. The fourth-order valence-electron chi connectivity index (χ4n) is 6.88. The molecule has 6 atom stereocenters. The largest absolute Gasteiger partial charge is 0.508 e. The van der Waals surface area contributed by atoms with E-state index in [2.05, 4.69) is 15.9 Å². The van der Waals surface area contributed by atoms with Gasteiger partial charge >= 0.3 is 0 Å². The third-order valence-electron chi connectivity index (χ3n) is 8.63. The van der Waals surface area contributed by atoms with Gasteiger partial charge in [-0.2, -0.15) is 0 Å². The van der Waals surface area contributed by atoms with E-state index in [9.17, 15) is 24.3 Å². The Balaban J connectivity index is 1.54. The second-order valence-corrected chi connectivity index (χ2v) is 12.6. The lowest BCUT2D eigenvalue weighted by atomic mass is 9.56. The van der Waals surface area contributed by atoms with Gasteiger partial charge in [0.15, 0.2) is 9.75 Å². The number of benzene rings is 2. The van der Waals surface area contributed by atoms with Crippen LogP contribution in [0.1, 0.15) is 24.3 Å². The molecule has 12 heteroatoms. The first-order valence-electron chi connectivity index (χ1n) is 12.5. The molecule has 8 nitrogen and oxygen atoms in total. The molecular formula is C28H22BrCl3N2O6. The quantitative estimate of drug-likeness (QED) is 0.214. The van der Waals surface area contributed by atoms with Gasteiger partial charge in [-0.15, -0.1) is 23.2 Å². The third kappa shape index (κ3) is 3.50. The van der Waals surface area contributed by atoms with Gasteiger partial charge in [0, 0.05) is 22.6 Å². The number of halogens is 4. The SMILES string of the molecule is COc1cc(O)ccc1C1C2=CCC3C(=O)N(c4ccc(Cl)cc4)C(=O)C3C2CC2(Cl)C(=O)N(CBr)C(=O)C12Cl. The summed E-state index contributed by atoms with van der Waals surface area (Å²) in [4.78, 5) is 53.4. The summed E-state index contributed by atoms with van der Waals surface area (Å²) in [5.41, 5.74) is 1.34. The number of aromatic hydroxyl groups is 1. The average molecular weight is 669 g/mol. The van der Waals surface area contributed by atoms with E-state index in [1.165, 1.54) is 19.2 Å². The number of nitrogens with zero attached hydrogens (tertiary/aromatic N) is 2. The van der Waals surface area contributed by atoms with Crippen LogP contribution in [-0.4, -0.2) is 55.9 Å². The second kappa shape index (κ2) is 9.48. The first-order valence-corrected chi connectivity index (χ1v) is 14.8. The number of carbonyl (C=O) groups excluding carboxylic acids is 4. The average Bonchev–Trinajstić information content (AvgIpc) is 3.27. The van der Waals surface area contributed by atoms with Crippen molar-refractivity contribution in [1.82, 2.24) is 4.90 Å². The van der Waals surface area contributed by atoms with Crippen LogP contribution < -0.4 is 9.64 Å². The summed E-state index contributed by atoms with van der Waals surface area (Å²) < 4.78 is 5.56. The molecule has 0 radical (unpaired) electrons. The molecule has 3 fully saturated rings. The molecule has 0 bridgehead atoms. The Hall–Kier alpha value is -2.59. The first kappa shape index (κ1) is 27.6. The molecule has 2 heterocycles. The molecule has 2 aromatic rings. The molecular weight excluding hydrogens is 647 g/mol. The fraction of sp³-hybridized carbons (Fsp3) is 0.357. The van der Waals surface area contributed by atoms with Crippen molar-refractivity contribution in [3.63, 3.8) is 0 Å². The van der Waals surface area contributed by atoms with Crippen LogP contribution in [0.4, 0.5) is 5.69 Å². The van der Waals surface area contributed by atoms with E-state index in [-0.39, 0.29) is 35.7 Å². The Morgan fingerprint density at radius 1 is 1.02 bits per heavy atom. The van der Waals surface area contributed by atoms with Crippen LogP contribution in [0.25, 0.3) is 0 Å². The molecule has 0 aromatic heterocycles. The number of ether oxygens (including phenoxy) is 1. The van der Waals surface area contributed by atoms with Crippen LogP contribution in [0, 0.1) is 17.8 Å². The van der Waals surface area contributed by atoms with Crippen molar-refractivity contribution in [1.29, 1.82) is 0 Å². The number of alkyl halides is 3. The van der Waals surface area contributed by atoms with Gasteiger partial charge < -0.3 is 9.84 Å². The van der Waals surface area contributed by atoms with Gasteiger partial charge in [0.1, 0.15) is 11.5 Å². The Bertz CT molecular complexity index is 1520. The third-order valence-corrected chi connectivity index (χ3v) is 10.8. The molecule has 6 rings (SSSR count). The van der Waals surface area contributed by atoms with E-state index < -0.39 is 51.1 Å². The number of allylic oxidation sites excluding steroid dienone is 2. The molecule has 2 aromatic carbocycles. The minimum absolute atomic E-state index is 0.0718. The monoisotopic (exact) mass is 666 g/mol. The van der Waals surface area contributed by atoms with Crippen LogP contribution in [0.5, 0.6) is 11.5 Å². The number of likely N-dealkylation sites (tertiary alicyclic amines) is 1. The normalized spacial score (nSPS) is 33.1. The van der Waals surface area contributed by atoms with Crippen molar-refractivity contribution in [2.75, 3.05) is 17.5 Å². The van der Waals surface area contributed by atoms with E-state index in [1.54, 1.807) is 30.3 Å². The molecule has 208 valence electrons. The summed E-state index contributed by atoms with van der Waals surface area (Å²) in [5.74, 6) is -5.13. The van der Waals surface area contributed by atoms with Crippen LogP contribution in [0.3, 0.4) is 0 Å². The maximum atomic E-state index is 14.0. The number of anilines is 1. The fourth-order valence-corrected chi connectivity index (χ4v) is 8.42. The number of rotatable bonds is 4. The number of imide groups is 2. The zero-order chi connectivity index (χ0) is 28.7. The summed E-state index contributed by atoms with van der Waals surface area (Å²) in [6.45, 7) is 0. The van der Waals surface area contributed by atoms with Crippen molar-refractivity contribution in [3.8, 4) is 11.5 Å². The number of fused-ring (bicyclic) bond motifs is 4. The smallest absolute Gasteiger partial charge is 0.254 e. The number of carbonyl (C=O) groups is 4. The van der Waals surface area contributed by atoms with Crippen molar-refractivity contribution in [3.05, 3.63) is 64.7 Å². The Kier molecular flexibility index (Phi) is 6.53. The minimum atomic E-state index is -1.96. The molecule has 2 saturated heterocycles. The number of methoxy groups -OCH3 is 1. The van der Waals surface area contributed by atoms with Crippen LogP contribution in [0.15, 0.2) is 54.1 Å². The summed E-state index contributed by atoms with van der Waals surface area (Å²) in [6.07, 6.45) is 1.95.